The van der Waals surface area contributed by atoms with Crippen molar-refractivity contribution in [3.63, 3.8) is 0 Å². The number of rotatable bonds is 4. The number of carbonyl (C=O) groups is 1. The van der Waals surface area contributed by atoms with Crippen molar-refractivity contribution in [1.29, 1.82) is 0 Å². The van der Waals surface area contributed by atoms with Crippen LogP contribution in [-0.4, -0.2) is 70.1 Å². The molecule has 10 heteroatoms. The zero-order valence-electron chi connectivity index (χ0n) is 24.2. The van der Waals surface area contributed by atoms with E-state index in [1.165, 1.54) is 24.3 Å². The van der Waals surface area contributed by atoms with Gasteiger partial charge in [0.2, 0.25) is 0 Å². The summed E-state index contributed by atoms with van der Waals surface area (Å²) in [6.07, 6.45) is 7.57. The molecule has 2 saturated heterocycles. The monoisotopic (exact) mass is 581 g/mol. The minimum absolute atomic E-state index is 0.134. The van der Waals surface area contributed by atoms with Crippen molar-refractivity contribution >= 4 is 16.9 Å². The molecule has 2 aliphatic heterocycles. The van der Waals surface area contributed by atoms with Gasteiger partial charge in [0.1, 0.15) is 17.5 Å². The van der Waals surface area contributed by atoms with Crippen molar-refractivity contribution in [3.05, 3.63) is 76.1 Å². The van der Waals surface area contributed by atoms with E-state index in [-0.39, 0.29) is 39.9 Å². The summed E-state index contributed by atoms with van der Waals surface area (Å²) in [4.78, 5) is 37.6. The molecule has 0 radical (unpaired) electrons. The van der Waals surface area contributed by atoms with Crippen molar-refractivity contribution < 1.29 is 18.0 Å². The molecule has 0 unspecified atom stereocenters. The van der Waals surface area contributed by atoms with Crippen LogP contribution in [-0.2, 0) is 6.54 Å². The number of fused-ring (bicyclic) bond motifs is 1. The van der Waals surface area contributed by atoms with Crippen LogP contribution in [0.5, 0.6) is 0 Å². The second-order valence-corrected chi connectivity index (χ2v) is 12.6. The molecule has 3 aromatic rings. The van der Waals surface area contributed by atoms with E-state index >= 15 is 4.39 Å². The molecule has 2 aromatic carbocycles. The zero-order valence-corrected chi connectivity index (χ0v) is 24.2. The summed E-state index contributed by atoms with van der Waals surface area (Å²) >= 11 is 0. The maximum absolute atomic E-state index is 15.0. The Hall–Kier alpha value is -3.40. The molecule has 0 bridgehead atoms. The molecular formula is C32H38F3N5O2. The van der Waals surface area contributed by atoms with E-state index in [2.05, 4.69) is 9.88 Å². The smallest absolute Gasteiger partial charge is 0.320 e. The fourth-order valence-corrected chi connectivity index (χ4v) is 7.69. The topological polar surface area (TPSA) is 61.7 Å². The van der Waals surface area contributed by atoms with Gasteiger partial charge in [0.05, 0.1) is 23.3 Å². The summed E-state index contributed by atoms with van der Waals surface area (Å²) in [7, 11) is 3.95. The number of urea groups is 1. The fourth-order valence-electron chi connectivity index (χ4n) is 7.69. The predicted octanol–water partition coefficient (Wildman–Crippen LogP) is 5.58. The molecule has 3 aliphatic rings. The van der Waals surface area contributed by atoms with Crippen molar-refractivity contribution in [2.45, 2.75) is 63.6 Å². The van der Waals surface area contributed by atoms with Crippen molar-refractivity contribution in [3.8, 4) is 0 Å². The number of carbonyl (C=O) groups excluding carboxylic acids is 1. The minimum atomic E-state index is -0.561. The second-order valence-electron chi connectivity index (χ2n) is 12.6. The highest BCUT2D eigenvalue weighted by Crippen LogP contribution is 2.49. The number of halogens is 3. The molecular weight excluding hydrogens is 543 g/mol. The number of aromatic nitrogens is 2. The van der Waals surface area contributed by atoms with Gasteiger partial charge in [-0.3, -0.25) is 9.36 Å². The average molecular weight is 582 g/mol. The third-order valence-corrected chi connectivity index (χ3v) is 10.1. The van der Waals surface area contributed by atoms with Crippen molar-refractivity contribution in [2.75, 3.05) is 33.7 Å². The molecule has 224 valence electrons. The normalized spacial score (nSPS) is 24.2. The van der Waals surface area contributed by atoms with E-state index in [9.17, 15) is 18.4 Å². The van der Waals surface area contributed by atoms with Gasteiger partial charge in [-0.2, -0.15) is 0 Å². The van der Waals surface area contributed by atoms with Crippen LogP contribution in [0.25, 0.3) is 10.9 Å². The molecule has 2 amide bonds. The lowest BCUT2D eigenvalue weighted by Crippen LogP contribution is -2.57. The summed E-state index contributed by atoms with van der Waals surface area (Å²) < 4.78 is 44.8. The molecule has 3 heterocycles. The SMILES string of the molecule is CN(C)[C@@H]1CCN(C(=O)N2CC[C@@H](Cn3cnc4ccc(F)cc4c3=O)C3(CCCC3)C2)[C@H](c2cc(F)ccc2F)C1. The van der Waals surface area contributed by atoms with E-state index in [0.717, 1.165) is 44.2 Å². The highest BCUT2D eigenvalue weighted by Gasteiger charge is 2.48. The lowest BCUT2D eigenvalue weighted by atomic mass is 9.69. The van der Waals surface area contributed by atoms with Gasteiger partial charge in [-0.05, 0) is 93.9 Å². The van der Waals surface area contributed by atoms with E-state index in [0.29, 0.717) is 44.5 Å². The minimum Gasteiger partial charge on any atom is -0.324 e. The Morgan fingerprint density at radius 3 is 2.52 bits per heavy atom. The Morgan fingerprint density at radius 1 is 1.02 bits per heavy atom. The van der Waals surface area contributed by atoms with Gasteiger partial charge in [0.15, 0.2) is 0 Å². The van der Waals surface area contributed by atoms with Crippen LogP contribution >= 0.6 is 0 Å². The molecule has 0 N–H and O–H groups in total. The first kappa shape index (κ1) is 28.7. The summed E-state index contributed by atoms with van der Waals surface area (Å²) in [6.45, 7) is 2.00. The Bertz CT molecular complexity index is 1540. The van der Waals surface area contributed by atoms with Gasteiger partial charge >= 0.3 is 6.03 Å². The number of piperidine rings is 2. The van der Waals surface area contributed by atoms with E-state index < -0.39 is 23.5 Å². The molecule has 1 aliphatic carbocycles. The van der Waals surface area contributed by atoms with Gasteiger partial charge in [-0.25, -0.2) is 22.9 Å². The van der Waals surface area contributed by atoms with Crippen LogP contribution in [0.4, 0.5) is 18.0 Å². The molecule has 1 aromatic heterocycles. The first-order chi connectivity index (χ1) is 20.1. The Kier molecular flexibility index (Phi) is 7.76. The molecule has 6 rings (SSSR count). The first-order valence-electron chi connectivity index (χ1n) is 15.0. The standard InChI is InChI=1S/C32H38F3N5O2/c1-37(2)24-10-14-40(29(17-24)25-15-22(33)5-7-27(25)35)31(42)38-13-9-21(32(19-38)11-3-4-12-32)18-39-20-36-28-8-6-23(34)16-26(28)30(39)41/h5-8,15-16,20-21,24,29H,3-4,9-14,17-19H2,1-2H3/t21-,24+,29-/m0/s1. The van der Waals surface area contributed by atoms with E-state index in [4.69, 9.17) is 0 Å². The van der Waals surface area contributed by atoms with Gasteiger partial charge < -0.3 is 14.7 Å². The second kappa shape index (κ2) is 11.4. The summed E-state index contributed by atoms with van der Waals surface area (Å²) in [5, 5.41) is 0.266. The van der Waals surface area contributed by atoms with Crippen LogP contribution < -0.4 is 5.56 Å². The maximum atomic E-state index is 15.0. The van der Waals surface area contributed by atoms with Crippen molar-refractivity contribution in [2.24, 2.45) is 11.3 Å². The maximum Gasteiger partial charge on any atom is 0.320 e. The van der Waals surface area contributed by atoms with Gasteiger partial charge in [0, 0.05) is 37.8 Å². The number of nitrogens with zero attached hydrogens (tertiary/aromatic N) is 5. The highest BCUT2D eigenvalue weighted by atomic mass is 19.1. The Balaban J connectivity index is 1.25. The van der Waals surface area contributed by atoms with Crippen LogP contribution in [0, 0.1) is 28.8 Å². The summed E-state index contributed by atoms with van der Waals surface area (Å²) in [6, 6.07) is 6.99. The largest absolute Gasteiger partial charge is 0.324 e. The third kappa shape index (κ3) is 5.29. The Morgan fingerprint density at radius 2 is 1.76 bits per heavy atom. The zero-order chi connectivity index (χ0) is 29.6. The quantitative estimate of drug-likeness (QED) is 0.404. The number of amides is 2. The van der Waals surface area contributed by atoms with Crippen molar-refractivity contribution in [1.82, 2.24) is 24.3 Å². The number of hydrogen-bond donors (Lipinski definition) is 0. The average Bonchev–Trinajstić information content (AvgIpc) is 3.45. The number of likely N-dealkylation sites (tertiary alicyclic amines) is 2. The highest BCUT2D eigenvalue weighted by molar-refractivity contribution is 5.77. The molecule has 42 heavy (non-hydrogen) atoms. The fraction of sp³-hybridized carbons (Fsp3) is 0.531. The van der Waals surface area contributed by atoms with Crippen LogP contribution in [0.15, 0.2) is 47.5 Å². The van der Waals surface area contributed by atoms with E-state index in [1.807, 2.05) is 19.0 Å². The van der Waals surface area contributed by atoms with Crippen LogP contribution in [0.2, 0.25) is 0 Å². The third-order valence-electron chi connectivity index (χ3n) is 10.1. The number of benzene rings is 2. The molecule has 1 spiro atoms. The predicted molar refractivity (Wildman–Crippen MR) is 154 cm³/mol. The van der Waals surface area contributed by atoms with Gasteiger partial charge in [-0.15, -0.1) is 0 Å². The summed E-state index contributed by atoms with van der Waals surface area (Å²) in [5.41, 5.74) is 0.289. The van der Waals surface area contributed by atoms with Gasteiger partial charge in [-0.1, -0.05) is 12.8 Å². The van der Waals surface area contributed by atoms with Crippen LogP contribution in [0.1, 0.15) is 56.6 Å². The molecule has 1 saturated carbocycles. The molecule has 3 fully saturated rings. The lowest BCUT2D eigenvalue weighted by Gasteiger charge is -2.50. The van der Waals surface area contributed by atoms with Gasteiger partial charge in [0.25, 0.3) is 5.56 Å². The van der Waals surface area contributed by atoms with E-state index in [1.54, 1.807) is 15.8 Å². The number of hydrogen-bond acceptors (Lipinski definition) is 4. The van der Waals surface area contributed by atoms with Crippen LogP contribution in [0.3, 0.4) is 0 Å². The molecule has 3 atom stereocenters. The summed E-state index contributed by atoms with van der Waals surface area (Å²) in [5.74, 6) is -1.33. The lowest BCUT2D eigenvalue weighted by molar-refractivity contribution is 0.0172. The first-order valence-corrected chi connectivity index (χ1v) is 15.0. The Labute approximate surface area is 243 Å². The molecule has 7 nitrogen and oxygen atoms in total.